The Morgan fingerprint density at radius 1 is 1.15 bits per heavy atom. The molecule has 0 aliphatic rings. The molecule has 0 unspecified atom stereocenters. The Bertz CT molecular complexity index is 729. The van der Waals surface area contributed by atoms with Gasteiger partial charge in [-0.05, 0) is 43.5 Å². The minimum absolute atomic E-state index is 0.149. The van der Waals surface area contributed by atoms with Gasteiger partial charge in [0.15, 0.2) is 0 Å². The molecule has 4 nitrogen and oxygen atoms in total. The van der Waals surface area contributed by atoms with Gasteiger partial charge in [0, 0.05) is 5.69 Å². The van der Waals surface area contributed by atoms with E-state index in [0.29, 0.717) is 12.1 Å². The second kappa shape index (κ2) is 5.33. The van der Waals surface area contributed by atoms with Gasteiger partial charge in [-0.2, -0.15) is 0 Å². The van der Waals surface area contributed by atoms with Crippen LogP contribution in [0.2, 0.25) is 0 Å². The molecule has 0 atom stereocenters. The highest BCUT2D eigenvalue weighted by Crippen LogP contribution is 2.12. The number of pyridine rings is 1. The normalized spacial score (nSPS) is 10.6. The largest absolute Gasteiger partial charge is 0.477 e. The molecule has 0 aliphatic heterocycles. The molecule has 20 heavy (non-hydrogen) atoms. The average Bonchev–Trinajstić information content (AvgIpc) is 2.35. The Morgan fingerprint density at radius 2 is 1.80 bits per heavy atom. The van der Waals surface area contributed by atoms with Gasteiger partial charge in [0.1, 0.15) is 5.56 Å². The lowest BCUT2D eigenvalue weighted by Gasteiger charge is -2.14. The van der Waals surface area contributed by atoms with Crippen LogP contribution < -0.4 is 5.56 Å². The van der Waals surface area contributed by atoms with Crippen LogP contribution in [0.25, 0.3) is 0 Å². The molecule has 0 amide bonds. The molecule has 0 spiro atoms. The summed E-state index contributed by atoms with van der Waals surface area (Å²) < 4.78 is 1.51. The van der Waals surface area contributed by atoms with Gasteiger partial charge >= 0.3 is 5.97 Å². The van der Waals surface area contributed by atoms with Crippen molar-refractivity contribution in [2.45, 2.75) is 27.3 Å². The fourth-order valence-corrected chi connectivity index (χ4v) is 2.34. The predicted octanol–water partition coefficient (Wildman–Crippen LogP) is 2.52. The van der Waals surface area contributed by atoms with Crippen LogP contribution in [0, 0.1) is 20.8 Å². The first-order chi connectivity index (χ1) is 9.41. The van der Waals surface area contributed by atoms with E-state index in [1.165, 1.54) is 4.57 Å². The predicted molar refractivity (Wildman–Crippen MR) is 77.4 cm³/mol. The Hall–Kier alpha value is -2.36. The first-order valence-corrected chi connectivity index (χ1v) is 6.40. The third-order valence-electron chi connectivity index (χ3n) is 3.51. The molecular formula is C16H17NO3. The van der Waals surface area contributed by atoms with Crippen LogP contribution in [-0.4, -0.2) is 15.6 Å². The van der Waals surface area contributed by atoms with E-state index < -0.39 is 11.5 Å². The lowest BCUT2D eigenvalue weighted by atomic mass is 10.1. The zero-order valence-electron chi connectivity index (χ0n) is 11.8. The summed E-state index contributed by atoms with van der Waals surface area (Å²) in [5.74, 6) is -1.17. The number of benzene rings is 1. The van der Waals surface area contributed by atoms with E-state index in [1.54, 1.807) is 13.0 Å². The van der Waals surface area contributed by atoms with Crippen molar-refractivity contribution in [3.8, 4) is 0 Å². The number of aryl methyl sites for hydroxylation is 3. The second-order valence-electron chi connectivity index (χ2n) is 4.97. The van der Waals surface area contributed by atoms with Crippen LogP contribution in [0.1, 0.15) is 32.7 Å². The smallest absolute Gasteiger partial charge is 0.341 e. The van der Waals surface area contributed by atoms with Crippen molar-refractivity contribution in [1.29, 1.82) is 0 Å². The van der Waals surface area contributed by atoms with Gasteiger partial charge in [-0.25, -0.2) is 4.79 Å². The summed E-state index contributed by atoms with van der Waals surface area (Å²) in [6, 6.07) is 9.51. The third-order valence-corrected chi connectivity index (χ3v) is 3.51. The van der Waals surface area contributed by atoms with E-state index in [1.807, 2.05) is 38.1 Å². The third kappa shape index (κ3) is 2.50. The van der Waals surface area contributed by atoms with Gasteiger partial charge in [-0.1, -0.05) is 24.3 Å². The van der Waals surface area contributed by atoms with Crippen LogP contribution in [0.3, 0.4) is 0 Å². The van der Waals surface area contributed by atoms with E-state index >= 15 is 0 Å². The SMILES string of the molecule is Cc1ccccc1Cn1c(C)cc(C)c(C(=O)O)c1=O. The number of carboxylic acids is 1. The van der Waals surface area contributed by atoms with Gasteiger partial charge in [0.05, 0.1) is 6.54 Å². The van der Waals surface area contributed by atoms with Crippen LogP contribution >= 0.6 is 0 Å². The molecule has 0 aliphatic carbocycles. The number of aromatic carboxylic acids is 1. The zero-order valence-corrected chi connectivity index (χ0v) is 11.8. The van der Waals surface area contributed by atoms with Gasteiger partial charge in [-0.15, -0.1) is 0 Å². The second-order valence-corrected chi connectivity index (χ2v) is 4.97. The van der Waals surface area contributed by atoms with Gasteiger partial charge < -0.3 is 9.67 Å². The summed E-state index contributed by atoms with van der Waals surface area (Å²) in [7, 11) is 0. The molecule has 0 bridgehead atoms. The van der Waals surface area contributed by atoms with Crippen LogP contribution in [0.5, 0.6) is 0 Å². The van der Waals surface area contributed by atoms with Crippen molar-refractivity contribution in [2.75, 3.05) is 0 Å². The summed E-state index contributed by atoms with van der Waals surface area (Å²) in [5.41, 5.74) is 2.76. The fraction of sp³-hybridized carbons (Fsp3) is 0.250. The highest BCUT2D eigenvalue weighted by atomic mass is 16.4. The zero-order chi connectivity index (χ0) is 14.9. The van der Waals surface area contributed by atoms with Crippen molar-refractivity contribution < 1.29 is 9.90 Å². The number of aromatic nitrogens is 1. The monoisotopic (exact) mass is 271 g/mol. The van der Waals surface area contributed by atoms with Crippen molar-refractivity contribution in [1.82, 2.24) is 4.57 Å². The maximum atomic E-state index is 12.3. The van der Waals surface area contributed by atoms with Gasteiger partial charge in [0.2, 0.25) is 0 Å². The number of hydrogen-bond acceptors (Lipinski definition) is 2. The summed E-state index contributed by atoms with van der Waals surface area (Å²) in [6.45, 7) is 5.83. The highest BCUT2D eigenvalue weighted by molar-refractivity contribution is 5.88. The molecule has 1 aromatic carbocycles. The molecule has 1 N–H and O–H groups in total. The summed E-state index contributed by atoms with van der Waals surface area (Å²) >= 11 is 0. The first-order valence-electron chi connectivity index (χ1n) is 6.40. The summed E-state index contributed by atoms with van der Waals surface area (Å²) in [5, 5.41) is 9.17. The standard InChI is InChI=1S/C16H17NO3/c1-10-6-4-5-7-13(10)9-17-12(3)8-11(2)14(15(17)18)16(19)20/h4-8H,9H2,1-3H3,(H,19,20). The Kier molecular flexibility index (Phi) is 3.74. The van der Waals surface area contributed by atoms with Gasteiger partial charge in [0.25, 0.3) is 5.56 Å². The van der Waals surface area contributed by atoms with Crippen molar-refractivity contribution in [3.63, 3.8) is 0 Å². The molecule has 1 heterocycles. The minimum Gasteiger partial charge on any atom is -0.477 e. The van der Waals surface area contributed by atoms with Crippen molar-refractivity contribution >= 4 is 5.97 Å². The van der Waals surface area contributed by atoms with Crippen LogP contribution in [-0.2, 0) is 6.54 Å². The minimum atomic E-state index is -1.17. The number of rotatable bonds is 3. The van der Waals surface area contributed by atoms with Crippen LogP contribution in [0.4, 0.5) is 0 Å². The summed E-state index contributed by atoms with van der Waals surface area (Å²) in [4.78, 5) is 23.6. The number of nitrogens with zero attached hydrogens (tertiary/aromatic N) is 1. The van der Waals surface area contributed by atoms with E-state index in [4.69, 9.17) is 5.11 Å². The quantitative estimate of drug-likeness (QED) is 0.933. The lowest BCUT2D eigenvalue weighted by molar-refractivity contribution is 0.0693. The molecule has 2 rings (SSSR count). The maximum absolute atomic E-state index is 12.3. The average molecular weight is 271 g/mol. The number of carbonyl (C=O) groups is 1. The fourth-order valence-electron chi connectivity index (χ4n) is 2.34. The van der Waals surface area contributed by atoms with E-state index in [2.05, 4.69) is 0 Å². The molecular weight excluding hydrogens is 254 g/mol. The number of carboxylic acid groups (broad SMARTS) is 1. The molecule has 0 saturated heterocycles. The molecule has 0 saturated carbocycles. The van der Waals surface area contributed by atoms with E-state index in [0.717, 1.165) is 16.8 Å². The summed E-state index contributed by atoms with van der Waals surface area (Å²) in [6.07, 6.45) is 0. The van der Waals surface area contributed by atoms with Gasteiger partial charge in [-0.3, -0.25) is 4.79 Å². The lowest BCUT2D eigenvalue weighted by Crippen LogP contribution is -2.29. The molecule has 1 aromatic heterocycles. The Morgan fingerprint density at radius 3 is 2.40 bits per heavy atom. The number of hydrogen-bond donors (Lipinski definition) is 1. The maximum Gasteiger partial charge on any atom is 0.341 e. The molecule has 0 fully saturated rings. The van der Waals surface area contributed by atoms with E-state index in [-0.39, 0.29) is 5.56 Å². The first kappa shape index (κ1) is 14.1. The Labute approximate surface area is 117 Å². The van der Waals surface area contributed by atoms with Crippen molar-refractivity contribution in [3.05, 3.63) is 68.6 Å². The molecule has 0 radical (unpaired) electrons. The topological polar surface area (TPSA) is 59.3 Å². The molecule has 104 valence electrons. The Balaban J connectivity index is 2.58. The van der Waals surface area contributed by atoms with Crippen LogP contribution in [0.15, 0.2) is 35.1 Å². The van der Waals surface area contributed by atoms with E-state index in [9.17, 15) is 9.59 Å². The molecule has 4 heteroatoms. The molecule has 2 aromatic rings. The van der Waals surface area contributed by atoms with Crippen molar-refractivity contribution in [2.24, 2.45) is 0 Å². The highest BCUT2D eigenvalue weighted by Gasteiger charge is 2.16.